The van der Waals surface area contributed by atoms with Crippen LogP contribution in [0.3, 0.4) is 0 Å². The maximum atomic E-state index is 12.7. The Hall–Kier alpha value is -2.95. The van der Waals surface area contributed by atoms with E-state index in [9.17, 15) is 14.4 Å². The van der Waals surface area contributed by atoms with Gasteiger partial charge in [0.1, 0.15) is 0 Å². The van der Waals surface area contributed by atoms with Crippen LogP contribution in [0.25, 0.3) is 0 Å². The third-order valence-electron chi connectivity index (χ3n) is 3.48. The van der Waals surface area contributed by atoms with Crippen LogP contribution in [-0.4, -0.2) is 30.9 Å². The van der Waals surface area contributed by atoms with Crippen molar-refractivity contribution in [3.05, 3.63) is 70.8 Å². The average molecular weight is 340 g/mol. The summed E-state index contributed by atoms with van der Waals surface area (Å²) in [5.74, 6) is -1.03. The fraction of sp³-hybridized carbons (Fsp3) is 0.250. The molecule has 25 heavy (non-hydrogen) atoms. The normalized spacial score (nSPS) is 10.2. The standard InChI is InChI=1S/C20H20O5/c1-3-24-18(21)12-14-7-5-8-15(11-14)19(22)16-9-6-10-17(13-16)20(23)25-4-2/h5-11,13H,3-4,12H2,1-2H3. The number of ether oxygens (including phenoxy) is 2. The molecule has 0 atom stereocenters. The number of carbonyl (C=O) groups is 3. The smallest absolute Gasteiger partial charge is 0.338 e. The van der Waals surface area contributed by atoms with Crippen LogP contribution in [-0.2, 0) is 20.7 Å². The Kier molecular flexibility index (Phi) is 6.46. The molecular formula is C20H20O5. The van der Waals surface area contributed by atoms with Crippen LogP contribution in [0, 0.1) is 0 Å². The minimum atomic E-state index is -0.465. The summed E-state index contributed by atoms with van der Waals surface area (Å²) in [6.45, 7) is 4.06. The summed E-state index contributed by atoms with van der Waals surface area (Å²) in [4.78, 5) is 36.1. The molecule has 0 spiro atoms. The molecule has 130 valence electrons. The van der Waals surface area contributed by atoms with Crippen LogP contribution in [0.2, 0.25) is 0 Å². The quantitative estimate of drug-likeness (QED) is 0.572. The van der Waals surface area contributed by atoms with Gasteiger partial charge >= 0.3 is 11.9 Å². The van der Waals surface area contributed by atoms with Crippen molar-refractivity contribution in [2.45, 2.75) is 20.3 Å². The van der Waals surface area contributed by atoms with E-state index in [0.29, 0.717) is 28.9 Å². The molecule has 2 rings (SSSR count). The van der Waals surface area contributed by atoms with Crippen LogP contribution in [0.15, 0.2) is 48.5 Å². The Morgan fingerprint density at radius 2 is 1.40 bits per heavy atom. The van der Waals surface area contributed by atoms with E-state index in [4.69, 9.17) is 9.47 Å². The van der Waals surface area contributed by atoms with E-state index >= 15 is 0 Å². The van der Waals surface area contributed by atoms with E-state index < -0.39 is 5.97 Å². The van der Waals surface area contributed by atoms with Crippen molar-refractivity contribution >= 4 is 17.7 Å². The summed E-state index contributed by atoms with van der Waals surface area (Å²) in [6, 6.07) is 13.2. The summed E-state index contributed by atoms with van der Waals surface area (Å²) in [6.07, 6.45) is 0.109. The van der Waals surface area contributed by atoms with Crippen LogP contribution in [0.4, 0.5) is 0 Å². The second kappa shape index (κ2) is 8.78. The zero-order valence-corrected chi connectivity index (χ0v) is 14.3. The zero-order valence-electron chi connectivity index (χ0n) is 14.3. The van der Waals surface area contributed by atoms with Crippen molar-refractivity contribution in [2.75, 3.05) is 13.2 Å². The lowest BCUT2D eigenvalue weighted by Gasteiger charge is -2.07. The van der Waals surface area contributed by atoms with Crippen molar-refractivity contribution in [1.29, 1.82) is 0 Å². The molecule has 0 aliphatic heterocycles. The van der Waals surface area contributed by atoms with Crippen molar-refractivity contribution in [3.8, 4) is 0 Å². The van der Waals surface area contributed by atoms with E-state index in [1.54, 1.807) is 56.3 Å². The van der Waals surface area contributed by atoms with Crippen LogP contribution in [0.5, 0.6) is 0 Å². The van der Waals surface area contributed by atoms with Gasteiger partial charge in [-0.05, 0) is 37.6 Å². The highest BCUT2D eigenvalue weighted by Gasteiger charge is 2.14. The topological polar surface area (TPSA) is 69.7 Å². The molecule has 2 aromatic rings. The minimum absolute atomic E-state index is 0.109. The van der Waals surface area contributed by atoms with Gasteiger partial charge in [-0.3, -0.25) is 9.59 Å². The Balaban J connectivity index is 2.22. The van der Waals surface area contributed by atoms with Crippen LogP contribution < -0.4 is 0 Å². The molecule has 0 radical (unpaired) electrons. The molecule has 0 saturated heterocycles. The van der Waals surface area contributed by atoms with Crippen molar-refractivity contribution in [3.63, 3.8) is 0 Å². The summed E-state index contributed by atoms with van der Waals surface area (Å²) in [5, 5.41) is 0. The third-order valence-corrected chi connectivity index (χ3v) is 3.48. The van der Waals surface area contributed by atoms with Gasteiger partial charge in [-0.2, -0.15) is 0 Å². The maximum Gasteiger partial charge on any atom is 0.338 e. The molecular weight excluding hydrogens is 320 g/mol. The van der Waals surface area contributed by atoms with Gasteiger partial charge in [-0.25, -0.2) is 4.79 Å². The SMILES string of the molecule is CCOC(=O)Cc1cccc(C(=O)c2cccc(C(=O)OCC)c2)c1. The first-order valence-corrected chi connectivity index (χ1v) is 8.11. The number of carbonyl (C=O) groups excluding carboxylic acids is 3. The summed E-state index contributed by atoms with van der Waals surface area (Å²) in [7, 11) is 0. The lowest BCUT2D eigenvalue weighted by molar-refractivity contribution is -0.142. The molecule has 5 nitrogen and oxygen atoms in total. The predicted octanol–water partition coefficient (Wildman–Crippen LogP) is 3.20. The first-order valence-electron chi connectivity index (χ1n) is 8.11. The largest absolute Gasteiger partial charge is 0.466 e. The summed E-state index contributed by atoms with van der Waals surface area (Å²) < 4.78 is 9.87. The minimum Gasteiger partial charge on any atom is -0.466 e. The van der Waals surface area contributed by atoms with Crippen molar-refractivity contribution in [2.24, 2.45) is 0 Å². The van der Waals surface area contributed by atoms with E-state index in [-0.39, 0.29) is 24.8 Å². The second-order valence-electron chi connectivity index (χ2n) is 5.31. The first kappa shape index (κ1) is 18.4. The highest BCUT2D eigenvalue weighted by atomic mass is 16.5. The molecule has 0 unspecified atom stereocenters. The molecule has 0 heterocycles. The monoisotopic (exact) mass is 340 g/mol. The third kappa shape index (κ3) is 5.01. The maximum absolute atomic E-state index is 12.7. The van der Waals surface area contributed by atoms with E-state index in [1.165, 1.54) is 6.07 Å². The van der Waals surface area contributed by atoms with Crippen LogP contribution in [0.1, 0.15) is 45.7 Å². The zero-order chi connectivity index (χ0) is 18.2. The lowest BCUT2D eigenvalue weighted by atomic mass is 9.99. The molecule has 2 aromatic carbocycles. The summed E-state index contributed by atoms with van der Waals surface area (Å²) in [5.41, 5.74) is 1.86. The van der Waals surface area contributed by atoms with Gasteiger partial charge in [0.25, 0.3) is 0 Å². The van der Waals surface area contributed by atoms with Gasteiger partial charge in [-0.15, -0.1) is 0 Å². The Bertz CT molecular complexity index is 779. The molecule has 0 aromatic heterocycles. The van der Waals surface area contributed by atoms with E-state index in [0.717, 1.165) is 0 Å². The Morgan fingerprint density at radius 1 is 0.800 bits per heavy atom. The number of ketones is 1. The van der Waals surface area contributed by atoms with Crippen LogP contribution >= 0.6 is 0 Å². The predicted molar refractivity (Wildman–Crippen MR) is 92.6 cm³/mol. The Morgan fingerprint density at radius 3 is 2.08 bits per heavy atom. The molecule has 0 fully saturated rings. The molecule has 0 aliphatic rings. The fourth-order valence-corrected chi connectivity index (χ4v) is 2.37. The van der Waals surface area contributed by atoms with Gasteiger partial charge in [0.15, 0.2) is 5.78 Å². The highest BCUT2D eigenvalue weighted by molar-refractivity contribution is 6.10. The number of hydrogen-bond acceptors (Lipinski definition) is 5. The molecule has 0 aliphatic carbocycles. The molecule has 0 N–H and O–H groups in total. The number of hydrogen-bond donors (Lipinski definition) is 0. The van der Waals surface area contributed by atoms with Gasteiger partial charge in [0, 0.05) is 11.1 Å². The van der Waals surface area contributed by atoms with Gasteiger partial charge in [-0.1, -0.05) is 30.3 Å². The molecule has 0 bridgehead atoms. The van der Waals surface area contributed by atoms with Crippen molar-refractivity contribution in [1.82, 2.24) is 0 Å². The second-order valence-corrected chi connectivity index (χ2v) is 5.31. The van der Waals surface area contributed by atoms with Gasteiger partial charge in [0.05, 0.1) is 25.2 Å². The molecule has 0 amide bonds. The molecule has 5 heteroatoms. The Labute approximate surface area is 146 Å². The average Bonchev–Trinajstić information content (AvgIpc) is 2.62. The number of esters is 2. The number of rotatable bonds is 7. The molecule has 0 saturated carbocycles. The fourth-order valence-electron chi connectivity index (χ4n) is 2.37. The highest BCUT2D eigenvalue weighted by Crippen LogP contribution is 2.15. The first-order chi connectivity index (χ1) is 12.0. The van der Waals surface area contributed by atoms with Gasteiger partial charge < -0.3 is 9.47 Å². The van der Waals surface area contributed by atoms with Gasteiger partial charge in [0.2, 0.25) is 0 Å². The van der Waals surface area contributed by atoms with Crippen molar-refractivity contribution < 1.29 is 23.9 Å². The van der Waals surface area contributed by atoms with E-state index in [1.807, 2.05) is 0 Å². The van der Waals surface area contributed by atoms with E-state index in [2.05, 4.69) is 0 Å². The lowest BCUT2D eigenvalue weighted by Crippen LogP contribution is -2.09. The summed E-state index contributed by atoms with van der Waals surface area (Å²) >= 11 is 0. The number of benzene rings is 2.